The SMILES string of the molecule is CC(C)N1Cc2cn(C)nc2C1. The summed E-state index contributed by atoms with van der Waals surface area (Å²) in [5.74, 6) is 0. The highest BCUT2D eigenvalue weighted by molar-refractivity contribution is 5.21. The predicted octanol–water partition coefficient (Wildman–Crippen LogP) is 1.14. The zero-order valence-electron chi connectivity index (χ0n) is 7.91. The van der Waals surface area contributed by atoms with Gasteiger partial charge in [-0.15, -0.1) is 0 Å². The smallest absolute Gasteiger partial charge is 0.0809 e. The van der Waals surface area contributed by atoms with Gasteiger partial charge in [-0.25, -0.2) is 0 Å². The molecule has 1 aliphatic rings. The van der Waals surface area contributed by atoms with Gasteiger partial charge in [0.25, 0.3) is 0 Å². The summed E-state index contributed by atoms with van der Waals surface area (Å²) in [4.78, 5) is 2.43. The summed E-state index contributed by atoms with van der Waals surface area (Å²) in [6, 6.07) is 0.629. The van der Waals surface area contributed by atoms with Crippen LogP contribution in [0, 0.1) is 0 Å². The Morgan fingerprint density at radius 2 is 2.17 bits per heavy atom. The van der Waals surface area contributed by atoms with Crippen molar-refractivity contribution in [1.82, 2.24) is 14.7 Å². The number of fused-ring (bicyclic) bond motifs is 1. The molecule has 1 aliphatic heterocycles. The van der Waals surface area contributed by atoms with Gasteiger partial charge in [-0.05, 0) is 13.8 Å². The van der Waals surface area contributed by atoms with Crippen LogP contribution in [0.3, 0.4) is 0 Å². The van der Waals surface area contributed by atoms with Gasteiger partial charge >= 0.3 is 0 Å². The van der Waals surface area contributed by atoms with Gasteiger partial charge in [-0.2, -0.15) is 5.10 Å². The molecule has 3 heteroatoms. The second-order valence-electron chi connectivity index (χ2n) is 3.77. The first-order chi connectivity index (χ1) is 5.66. The van der Waals surface area contributed by atoms with Gasteiger partial charge in [0.15, 0.2) is 0 Å². The molecule has 0 bridgehead atoms. The number of hydrogen-bond donors (Lipinski definition) is 0. The van der Waals surface area contributed by atoms with E-state index in [1.807, 2.05) is 11.7 Å². The van der Waals surface area contributed by atoms with E-state index >= 15 is 0 Å². The lowest BCUT2D eigenvalue weighted by atomic mass is 10.3. The van der Waals surface area contributed by atoms with Crippen molar-refractivity contribution in [2.75, 3.05) is 0 Å². The highest BCUT2D eigenvalue weighted by atomic mass is 15.3. The molecule has 0 atom stereocenters. The molecule has 0 fully saturated rings. The molecule has 0 spiro atoms. The van der Waals surface area contributed by atoms with E-state index in [9.17, 15) is 0 Å². The van der Waals surface area contributed by atoms with Crippen LogP contribution in [0.2, 0.25) is 0 Å². The quantitative estimate of drug-likeness (QED) is 0.622. The van der Waals surface area contributed by atoms with E-state index in [0.717, 1.165) is 13.1 Å². The largest absolute Gasteiger partial charge is 0.291 e. The first kappa shape index (κ1) is 7.80. The average molecular weight is 165 g/mol. The van der Waals surface area contributed by atoms with E-state index in [2.05, 4.69) is 30.0 Å². The Morgan fingerprint density at radius 1 is 1.42 bits per heavy atom. The van der Waals surface area contributed by atoms with E-state index in [1.165, 1.54) is 11.3 Å². The molecule has 1 aromatic heterocycles. The molecule has 0 saturated heterocycles. The van der Waals surface area contributed by atoms with Gasteiger partial charge in [0.05, 0.1) is 5.69 Å². The number of aryl methyl sites for hydroxylation is 1. The molecule has 0 saturated carbocycles. The molecule has 1 aromatic rings. The third-order valence-electron chi connectivity index (χ3n) is 2.45. The van der Waals surface area contributed by atoms with Crippen molar-refractivity contribution in [3.05, 3.63) is 17.5 Å². The maximum atomic E-state index is 4.40. The molecule has 66 valence electrons. The first-order valence-corrected chi connectivity index (χ1v) is 4.42. The summed E-state index contributed by atoms with van der Waals surface area (Å²) >= 11 is 0. The Bertz CT molecular complexity index is 264. The Kier molecular flexibility index (Phi) is 1.68. The highest BCUT2D eigenvalue weighted by Crippen LogP contribution is 2.22. The van der Waals surface area contributed by atoms with Crippen LogP contribution in [-0.2, 0) is 20.1 Å². The van der Waals surface area contributed by atoms with E-state index in [4.69, 9.17) is 0 Å². The third-order valence-corrected chi connectivity index (χ3v) is 2.45. The molecule has 0 aliphatic carbocycles. The molecule has 0 radical (unpaired) electrons. The highest BCUT2D eigenvalue weighted by Gasteiger charge is 2.23. The molecular weight excluding hydrogens is 150 g/mol. The van der Waals surface area contributed by atoms with Crippen molar-refractivity contribution >= 4 is 0 Å². The Hall–Kier alpha value is -0.830. The minimum atomic E-state index is 0.629. The van der Waals surface area contributed by atoms with Crippen molar-refractivity contribution in [3.8, 4) is 0 Å². The van der Waals surface area contributed by atoms with E-state index < -0.39 is 0 Å². The van der Waals surface area contributed by atoms with Crippen molar-refractivity contribution in [2.24, 2.45) is 7.05 Å². The topological polar surface area (TPSA) is 21.1 Å². The van der Waals surface area contributed by atoms with Crippen LogP contribution < -0.4 is 0 Å². The summed E-state index contributed by atoms with van der Waals surface area (Å²) in [6.45, 7) is 6.55. The maximum absolute atomic E-state index is 4.40. The van der Waals surface area contributed by atoms with Gasteiger partial charge in [0.1, 0.15) is 0 Å². The lowest BCUT2D eigenvalue weighted by Crippen LogP contribution is -2.25. The van der Waals surface area contributed by atoms with E-state index in [-0.39, 0.29) is 0 Å². The minimum absolute atomic E-state index is 0.629. The predicted molar refractivity (Wildman–Crippen MR) is 47.6 cm³/mol. The van der Waals surface area contributed by atoms with Gasteiger partial charge in [-0.1, -0.05) is 0 Å². The van der Waals surface area contributed by atoms with Crippen molar-refractivity contribution < 1.29 is 0 Å². The monoisotopic (exact) mass is 165 g/mol. The standard InChI is InChI=1S/C9H15N3/c1-7(2)12-5-8-4-11(3)10-9(8)6-12/h4,7H,5-6H2,1-3H3. The zero-order chi connectivity index (χ0) is 8.72. The van der Waals surface area contributed by atoms with Crippen molar-refractivity contribution in [2.45, 2.75) is 33.0 Å². The number of aromatic nitrogens is 2. The Labute approximate surface area is 73.0 Å². The van der Waals surface area contributed by atoms with Crippen LogP contribution in [0.25, 0.3) is 0 Å². The van der Waals surface area contributed by atoms with Gasteiger partial charge in [0, 0.05) is 37.9 Å². The normalized spacial score (nSPS) is 17.3. The zero-order valence-corrected chi connectivity index (χ0v) is 7.91. The van der Waals surface area contributed by atoms with E-state index in [0.29, 0.717) is 6.04 Å². The summed E-state index contributed by atoms with van der Waals surface area (Å²) in [5, 5.41) is 4.40. The summed E-state index contributed by atoms with van der Waals surface area (Å²) in [5.41, 5.74) is 2.65. The summed E-state index contributed by atoms with van der Waals surface area (Å²) in [7, 11) is 1.98. The number of hydrogen-bond acceptors (Lipinski definition) is 2. The molecule has 0 amide bonds. The van der Waals surface area contributed by atoms with Crippen LogP contribution in [0.5, 0.6) is 0 Å². The molecule has 3 nitrogen and oxygen atoms in total. The van der Waals surface area contributed by atoms with Crippen LogP contribution >= 0.6 is 0 Å². The lowest BCUT2D eigenvalue weighted by Gasteiger charge is -2.19. The lowest BCUT2D eigenvalue weighted by molar-refractivity contribution is 0.224. The maximum Gasteiger partial charge on any atom is 0.0809 e. The minimum Gasteiger partial charge on any atom is -0.291 e. The van der Waals surface area contributed by atoms with Gasteiger partial charge in [-0.3, -0.25) is 9.58 Å². The molecule has 2 heterocycles. The van der Waals surface area contributed by atoms with E-state index in [1.54, 1.807) is 0 Å². The van der Waals surface area contributed by atoms with Crippen LogP contribution in [0.4, 0.5) is 0 Å². The fraction of sp³-hybridized carbons (Fsp3) is 0.667. The van der Waals surface area contributed by atoms with Gasteiger partial charge in [0.2, 0.25) is 0 Å². The fourth-order valence-electron chi connectivity index (χ4n) is 1.68. The molecule has 2 rings (SSSR count). The Morgan fingerprint density at radius 3 is 2.75 bits per heavy atom. The molecule has 0 unspecified atom stereocenters. The first-order valence-electron chi connectivity index (χ1n) is 4.42. The average Bonchev–Trinajstić information content (AvgIpc) is 2.42. The van der Waals surface area contributed by atoms with Crippen molar-refractivity contribution in [1.29, 1.82) is 0 Å². The van der Waals surface area contributed by atoms with Crippen LogP contribution in [0.1, 0.15) is 25.1 Å². The second kappa shape index (κ2) is 2.59. The second-order valence-corrected chi connectivity index (χ2v) is 3.77. The molecule has 0 aromatic carbocycles. The van der Waals surface area contributed by atoms with Crippen LogP contribution in [-0.4, -0.2) is 20.7 Å². The third kappa shape index (κ3) is 1.14. The Balaban J connectivity index is 2.18. The summed E-state index contributed by atoms with van der Waals surface area (Å²) in [6.07, 6.45) is 2.12. The fourth-order valence-corrected chi connectivity index (χ4v) is 1.68. The molecular formula is C9H15N3. The van der Waals surface area contributed by atoms with Gasteiger partial charge < -0.3 is 0 Å². The number of rotatable bonds is 1. The van der Waals surface area contributed by atoms with Crippen molar-refractivity contribution in [3.63, 3.8) is 0 Å². The molecule has 0 N–H and O–H groups in total. The number of nitrogens with zero attached hydrogens (tertiary/aromatic N) is 3. The molecule has 12 heavy (non-hydrogen) atoms. The van der Waals surface area contributed by atoms with Crippen LogP contribution in [0.15, 0.2) is 6.20 Å². The summed E-state index contributed by atoms with van der Waals surface area (Å²) < 4.78 is 1.91.